The molecule has 0 bridgehead atoms. The summed E-state index contributed by atoms with van der Waals surface area (Å²) in [5.41, 5.74) is 1.75. The Kier molecular flexibility index (Phi) is 5.11. The van der Waals surface area contributed by atoms with Crippen molar-refractivity contribution < 1.29 is 9.57 Å². The summed E-state index contributed by atoms with van der Waals surface area (Å²) in [5, 5.41) is 3.93. The summed E-state index contributed by atoms with van der Waals surface area (Å²) < 4.78 is 5.03. The summed E-state index contributed by atoms with van der Waals surface area (Å²) in [5.74, 6) is 0.816. The van der Waals surface area contributed by atoms with Gasteiger partial charge in [0.2, 0.25) is 0 Å². The predicted octanol–water partition coefficient (Wildman–Crippen LogP) is 3.16. The Morgan fingerprint density at radius 2 is 1.80 bits per heavy atom. The largest absolute Gasteiger partial charge is 0.497 e. The number of halogens is 2. The van der Waals surface area contributed by atoms with Gasteiger partial charge in [-0.2, -0.15) is 0 Å². The van der Waals surface area contributed by atoms with Crippen LogP contribution in [0.5, 0.6) is 5.75 Å². The fourth-order valence-electron chi connectivity index (χ4n) is 1.08. The molecule has 0 amide bonds. The first-order valence-corrected chi connectivity index (χ1v) is 6.05. The van der Waals surface area contributed by atoms with E-state index >= 15 is 0 Å². The van der Waals surface area contributed by atoms with Gasteiger partial charge >= 0.3 is 0 Å². The fraction of sp³-hybridized carbons (Fsp3) is 0.300. The van der Waals surface area contributed by atoms with Crippen molar-refractivity contribution in [3.8, 4) is 5.75 Å². The average Bonchev–Trinajstić information content (AvgIpc) is 2.26. The van der Waals surface area contributed by atoms with E-state index in [0.717, 1.165) is 17.0 Å². The van der Waals surface area contributed by atoms with Gasteiger partial charge in [0.15, 0.2) is 0 Å². The first kappa shape index (κ1) is 12.5. The Hall–Kier alpha value is -0.550. The lowest BCUT2D eigenvalue weighted by Gasteiger charge is -2.07. The van der Waals surface area contributed by atoms with Crippen LogP contribution in [0.4, 0.5) is 0 Å². The van der Waals surface area contributed by atoms with Gasteiger partial charge in [0.25, 0.3) is 0 Å². The van der Waals surface area contributed by atoms with Crippen molar-refractivity contribution >= 4 is 37.6 Å². The van der Waals surface area contributed by atoms with E-state index in [1.807, 2.05) is 24.3 Å². The molecule has 1 aromatic rings. The standard InChI is InChI=1S/C10H11Br2NO2/c1-14-8-5-3-7(4-6-8)9(10(11)12)13-15-2/h3-6,10H,1-2H3/b13-9-. The van der Waals surface area contributed by atoms with E-state index in [4.69, 9.17) is 9.57 Å². The maximum atomic E-state index is 5.07. The van der Waals surface area contributed by atoms with Crippen LogP contribution in [0.1, 0.15) is 5.56 Å². The van der Waals surface area contributed by atoms with Gasteiger partial charge in [-0.1, -0.05) is 37.0 Å². The van der Waals surface area contributed by atoms with Crippen LogP contribution in [0.15, 0.2) is 29.4 Å². The van der Waals surface area contributed by atoms with E-state index in [9.17, 15) is 0 Å². The maximum Gasteiger partial charge on any atom is 0.118 e. The maximum absolute atomic E-state index is 5.07. The number of nitrogens with zero attached hydrogens (tertiary/aromatic N) is 1. The topological polar surface area (TPSA) is 30.8 Å². The summed E-state index contributed by atoms with van der Waals surface area (Å²) >= 11 is 6.78. The van der Waals surface area contributed by atoms with Gasteiger partial charge in [-0.25, -0.2) is 0 Å². The third kappa shape index (κ3) is 3.50. The molecule has 1 aromatic carbocycles. The molecular weight excluding hydrogens is 326 g/mol. The van der Waals surface area contributed by atoms with Gasteiger partial charge in [0.05, 0.1) is 7.11 Å². The first-order valence-electron chi connectivity index (χ1n) is 4.22. The lowest BCUT2D eigenvalue weighted by Crippen LogP contribution is -2.09. The Labute approximate surface area is 106 Å². The van der Waals surface area contributed by atoms with Crippen LogP contribution < -0.4 is 4.74 Å². The molecule has 0 aliphatic carbocycles. The van der Waals surface area contributed by atoms with Gasteiger partial charge < -0.3 is 9.57 Å². The quantitative estimate of drug-likeness (QED) is 0.480. The Bertz CT molecular complexity index is 336. The molecule has 1 rings (SSSR count). The number of rotatable bonds is 4. The molecule has 82 valence electrons. The second-order valence-electron chi connectivity index (χ2n) is 2.69. The first-order chi connectivity index (χ1) is 7.19. The van der Waals surface area contributed by atoms with E-state index in [1.165, 1.54) is 7.11 Å². The van der Waals surface area contributed by atoms with Crippen molar-refractivity contribution in [1.82, 2.24) is 0 Å². The van der Waals surface area contributed by atoms with Gasteiger partial charge in [-0.05, 0) is 24.3 Å². The SMILES string of the molecule is CO/N=C(/c1ccc(OC)cc1)C(Br)Br. The highest BCUT2D eigenvalue weighted by molar-refractivity contribution is 9.25. The van der Waals surface area contributed by atoms with Gasteiger partial charge in [-0.3, -0.25) is 0 Å². The number of benzene rings is 1. The Balaban J connectivity index is 2.97. The summed E-state index contributed by atoms with van der Waals surface area (Å²) in [4.78, 5) is 4.77. The minimum absolute atomic E-state index is 0.0432. The Morgan fingerprint density at radius 3 is 2.20 bits per heavy atom. The summed E-state index contributed by atoms with van der Waals surface area (Å²) in [7, 11) is 3.16. The molecule has 0 saturated carbocycles. The monoisotopic (exact) mass is 335 g/mol. The van der Waals surface area contributed by atoms with Gasteiger partial charge in [-0.15, -0.1) is 0 Å². The number of hydrogen-bond donors (Lipinski definition) is 0. The second kappa shape index (κ2) is 6.12. The van der Waals surface area contributed by atoms with Crippen molar-refractivity contribution in [2.45, 2.75) is 3.74 Å². The van der Waals surface area contributed by atoms with Crippen molar-refractivity contribution in [3.05, 3.63) is 29.8 Å². The van der Waals surface area contributed by atoms with Crippen LogP contribution in [0.25, 0.3) is 0 Å². The predicted molar refractivity (Wildman–Crippen MR) is 68.2 cm³/mol. The summed E-state index contributed by atoms with van der Waals surface area (Å²) in [6.07, 6.45) is 0. The highest BCUT2D eigenvalue weighted by Crippen LogP contribution is 2.19. The lowest BCUT2D eigenvalue weighted by atomic mass is 10.1. The molecule has 0 aliphatic heterocycles. The number of ether oxygens (including phenoxy) is 1. The van der Waals surface area contributed by atoms with E-state index in [0.29, 0.717) is 0 Å². The minimum Gasteiger partial charge on any atom is -0.497 e. The molecule has 0 unspecified atom stereocenters. The summed E-state index contributed by atoms with van der Waals surface area (Å²) in [6.45, 7) is 0. The zero-order valence-corrected chi connectivity index (χ0v) is 11.6. The molecule has 0 spiro atoms. The van der Waals surface area contributed by atoms with E-state index in [2.05, 4.69) is 37.0 Å². The van der Waals surface area contributed by atoms with Crippen molar-refractivity contribution in [2.24, 2.45) is 5.16 Å². The molecule has 0 aliphatic rings. The van der Waals surface area contributed by atoms with Crippen LogP contribution in [-0.4, -0.2) is 23.7 Å². The van der Waals surface area contributed by atoms with Crippen molar-refractivity contribution in [2.75, 3.05) is 14.2 Å². The molecule has 0 radical (unpaired) electrons. The highest BCUT2D eigenvalue weighted by atomic mass is 79.9. The number of methoxy groups -OCH3 is 1. The zero-order chi connectivity index (χ0) is 11.3. The smallest absolute Gasteiger partial charge is 0.118 e. The second-order valence-corrected chi connectivity index (χ2v) is 5.75. The molecule has 5 heteroatoms. The van der Waals surface area contributed by atoms with Crippen molar-refractivity contribution in [3.63, 3.8) is 0 Å². The molecule has 0 N–H and O–H groups in total. The normalized spacial score (nSPS) is 11.7. The van der Waals surface area contributed by atoms with Crippen LogP contribution in [-0.2, 0) is 4.84 Å². The van der Waals surface area contributed by atoms with Gasteiger partial charge in [0, 0.05) is 5.56 Å². The fourth-order valence-corrected chi connectivity index (χ4v) is 1.77. The molecular formula is C10H11Br2NO2. The van der Waals surface area contributed by atoms with Crippen LogP contribution >= 0.6 is 31.9 Å². The number of oxime groups is 1. The van der Waals surface area contributed by atoms with Crippen LogP contribution in [0.3, 0.4) is 0 Å². The van der Waals surface area contributed by atoms with E-state index in [-0.39, 0.29) is 3.74 Å². The molecule has 15 heavy (non-hydrogen) atoms. The minimum atomic E-state index is -0.0432. The molecule has 0 saturated heterocycles. The van der Waals surface area contributed by atoms with Gasteiger partial charge in [0.1, 0.15) is 22.3 Å². The van der Waals surface area contributed by atoms with Crippen LogP contribution in [0.2, 0.25) is 0 Å². The number of alkyl halides is 2. The molecule has 0 heterocycles. The third-order valence-electron chi connectivity index (χ3n) is 1.78. The average molecular weight is 337 g/mol. The van der Waals surface area contributed by atoms with Crippen LogP contribution in [0, 0.1) is 0 Å². The van der Waals surface area contributed by atoms with E-state index in [1.54, 1.807) is 7.11 Å². The number of hydrogen-bond acceptors (Lipinski definition) is 3. The molecule has 0 fully saturated rings. The highest BCUT2D eigenvalue weighted by Gasteiger charge is 2.12. The molecule has 0 atom stereocenters. The summed E-state index contributed by atoms with van der Waals surface area (Å²) in [6, 6.07) is 7.60. The van der Waals surface area contributed by atoms with E-state index < -0.39 is 0 Å². The van der Waals surface area contributed by atoms with Crippen molar-refractivity contribution in [1.29, 1.82) is 0 Å². The third-order valence-corrected chi connectivity index (χ3v) is 2.65. The lowest BCUT2D eigenvalue weighted by molar-refractivity contribution is 0.213. The molecule has 0 aromatic heterocycles. The Morgan fingerprint density at radius 1 is 1.20 bits per heavy atom. The molecule has 3 nitrogen and oxygen atoms in total. The zero-order valence-electron chi connectivity index (χ0n) is 8.41.